The van der Waals surface area contributed by atoms with Crippen LogP contribution in [0.4, 0.5) is 0 Å². The molecule has 1 amide bonds. The molecule has 0 aliphatic carbocycles. The van der Waals surface area contributed by atoms with Crippen LogP contribution in [0.5, 0.6) is 0 Å². The lowest BCUT2D eigenvalue weighted by Gasteiger charge is -2.34. The number of hydrogen-bond acceptors (Lipinski definition) is 3. The number of pyridine rings is 1. The fraction of sp³-hybridized carbons (Fsp3) is 0.538. The molecule has 0 aromatic carbocycles. The van der Waals surface area contributed by atoms with Crippen LogP contribution in [0.2, 0.25) is 0 Å². The summed E-state index contributed by atoms with van der Waals surface area (Å²) in [5, 5.41) is 3.35. The quantitative estimate of drug-likeness (QED) is 0.855. The van der Waals surface area contributed by atoms with E-state index >= 15 is 0 Å². The van der Waals surface area contributed by atoms with Crippen molar-refractivity contribution >= 4 is 5.91 Å². The van der Waals surface area contributed by atoms with Crippen molar-refractivity contribution in [3.05, 3.63) is 30.1 Å². The first kappa shape index (κ1) is 12.0. The van der Waals surface area contributed by atoms with Gasteiger partial charge in [-0.2, -0.15) is 0 Å². The van der Waals surface area contributed by atoms with Crippen LogP contribution in [0.15, 0.2) is 24.5 Å². The van der Waals surface area contributed by atoms with Crippen molar-refractivity contribution in [3.63, 3.8) is 0 Å². The van der Waals surface area contributed by atoms with Gasteiger partial charge < -0.3 is 10.2 Å². The normalized spacial score (nSPS) is 19.9. The molecule has 2 rings (SSSR count). The number of rotatable bonds is 3. The van der Waals surface area contributed by atoms with Gasteiger partial charge in [0.2, 0.25) is 0 Å². The van der Waals surface area contributed by atoms with Crippen LogP contribution in [0, 0.1) is 0 Å². The first-order valence-electron chi connectivity index (χ1n) is 6.24. The third kappa shape index (κ3) is 2.82. The van der Waals surface area contributed by atoms with Crippen molar-refractivity contribution in [3.8, 4) is 0 Å². The summed E-state index contributed by atoms with van der Waals surface area (Å²) in [6, 6.07) is 3.89. The Labute approximate surface area is 102 Å². The Bertz CT molecular complexity index is 360. The fourth-order valence-corrected chi connectivity index (χ4v) is 2.33. The zero-order valence-electron chi connectivity index (χ0n) is 10.2. The number of likely N-dealkylation sites (N-methyl/N-ethyl adjacent to an activating group) is 1. The van der Waals surface area contributed by atoms with Crippen molar-refractivity contribution in [1.29, 1.82) is 0 Å². The van der Waals surface area contributed by atoms with Gasteiger partial charge in [0.25, 0.3) is 5.91 Å². The molecular formula is C13H19N3O. The molecule has 1 fully saturated rings. The van der Waals surface area contributed by atoms with Crippen LogP contribution in [0.25, 0.3) is 0 Å². The molecule has 0 bridgehead atoms. The Hall–Kier alpha value is -1.42. The molecule has 1 aliphatic rings. The van der Waals surface area contributed by atoms with Crippen LogP contribution in [0.3, 0.4) is 0 Å². The van der Waals surface area contributed by atoms with E-state index in [0.29, 0.717) is 6.04 Å². The second kappa shape index (κ2) is 5.77. The molecule has 0 radical (unpaired) electrons. The average molecular weight is 233 g/mol. The maximum Gasteiger partial charge on any atom is 0.254 e. The van der Waals surface area contributed by atoms with Crippen LogP contribution < -0.4 is 5.32 Å². The maximum absolute atomic E-state index is 12.3. The number of nitrogens with one attached hydrogen (secondary N) is 1. The highest BCUT2D eigenvalue weighted by atomic mass is 16.2. The maximum atomic E-state index is 12.3. The van der Waals surface area contributed by atoms with E-state index in [1.807, 2.05) is 11.8 Å². The molecule has 1 unspecified atom stereocenters. The van der Waals surface area contributed by atoms with Gasteiger partial charge in [0, 0.05) is 37.1 Å². The van der Waals surface area contributed by atoms with E-state index in [9.17, 15) is 4.79 Å². The number of piperidine rings is 1. The van der Waals surface area contributed by atoms with E-state index in [4.69, 9.17) is 0 Å². The van der Waals surface area contributed by atoms with Gasteiger partial charge in [-0.25, -0.2) is 0 Å². The number of nitrogens with zero attached hydrogens (tertiary/aromatic N) is 2. The Kier molecular flexibility index (Phi) is 4.09. The molecule has 0 spiro atoms. The third-order valence-electron chi connectivity index (χ3n) is 3.24. The number of aromatic nitrogens is 1. The van der Waals surface area contributed by atoms with Crippen molar-refractivity contribution in [1.82, 2.24) is 15.2 Å². The molecule has 2 heterocycles. The molecular weight excluding hydrogens is 214 g/mol. The number of carbonyl (C=O) groups excluding carboxylic acids is 1. The third-order valence-corrected chi connectivity index (χ3v) is 3.24. The van der Waals surface area contributed by atoms with Crippen molar-refractivity contribution in [2.24, 2.45) is 0 Å². The highest BCUT2D eigenvalue weighted by molar-refractivity contribution is 5.94. The fourth-order valence-electron chi connectivity index (χ4n) is 2.33. The minimum Gasteiger partial charge on any atom is -0.335 e. The summed E-state index contributed by atoms with van der Waals surface area (Å²) in [5.74, 6) is 0.114. The lowest BCUT2D eigenvalue weighted by Crippen LogP contribution is -2.48. The molecule has 0 saturated carbocycles. The number of amides is 1. The topological polar surface area (TPSA) is 45.2 Å². The van der Waals surface area contributed by atoms with Gasteiger partial charge in [0.05, 0.1) is 0 Å². The van der Waals surface area contributed by atoms with Gasteiger partial charge in [0.15, 0.2) is 0 Å². The first-order chi connectivity index (χ1) is 8.33. The van der Waals surface area contributed by atoms with Crippen molar-refractivity contribution in [2.45, 2.75) is 25.8 Å². The van der Waals surface area contributed by atoms with E-state index in [1.54, 1.807) is 24.5 Å². The van der Waals surface area contributed by atoms with Crippen LogP contribution in [0.1, 0.15) is 30.1 Å². The van der Waals surface area contributed by atoms with E-state index < -0.39 is 0 Å². The second-order valence-electron chi connectivity index (χ2n) is 4.33. The lowest BCUT2D eigenvalue weighted by atomic mass is 10.0. The van der Waals surface area contributed by atoms with Crippen molar-refractivity contribution < 1.29 is 4.79 Å². The molecule has 4 heteroatoms. The van der Waals surface area contributed by atoms with E-state index in [0.717, 1.165) is 38.0 Å². The summed E-state index contributed by atoms with van der Waals surface area (Å²) in [4.78, 5) is 18.2. The number of carbonyl (C=O) groups is 1. The predicted molar refractivity (Wildman–Crippen MR) is 66.8 cm³/mol. The lowest BCUT2D eigenvalue weighted by molar-refractivity contribution is 0.0662. The summed E-state index contributed by atoms with van der Waals surface area (Å²) < 4.78 is 0. The van der Waals surface area contributed by atoms with Gasteiger partial charge in [-0.05, 0) is 38.4 Å². The molecule has 92 valence electrons. The van der Waals surface area contributed by atoms with Gasteiger partial charge in [0.1, 0.15) is 0 Å². The smallest absolute Gasteiger partial charge is 0.254 e. The Morgan fingerprint density at radius 3 is 2.88 bits per heavy atom. The highest BCUT2D eigenvalue weighted by Gasteiger charge is 2.24. The SMILES string of the molecule is CCN(C(=O)c1ccncc1)C1CCCNC1. The Morgan fingerprint density at radius 1 is 1.53 bits per heavy atom. The van der Waals surface area contributed by atoms with Gasteiger partial charge >= 0.3 is 0 Å². The molecule has 1 saturated heterocycles. The molecule has 17 heavy (non-hydrogen) atoms. The zero-order valence-corrected chi connectivity index (χ0v) is 10.2. The molecule has 1 aromatic heterocycles. The minimum absolute atomic E-state index is 0.114. The van der Waals surface area contributed by atoms with E-state index in [-0.39, 0.29) is 5.91 Å². The monoisotopic (exact) mass is 233 g/mol. The van der Waals surface area contributed by atoms with E-state index in [1.165, 1.54) is 0 Å². The van der Waals surface area contributed by atoms with Crippen LogP contribution in [-0.4, -0.2) is 41.5 Å². The minimum atomic E-state index is 0.114. The first-order valence-corrected chi connectivity index (χ1v) is 6.24. The second-order valence-corrected chi connectivity index (χ2v) is 4.33. The molecule has 1 aliphatic heterocycles. The molecule has 1 atom stereocenters. The van der Waals surface area contributed by atoms with Gasteiger partial charge in [-0.15, -0.1) is 0 Å². The number of hydrogen-bond donors (Lipinski definition) is 1. The Morgan fingerprint density at radius 2 is 2.29 bits per heavy atom. The standard InChI is InChI=1S/C13H19N3O/c1-2-16(12-4-3-7-15-10-12)13(17)11-5-8-14-9-6-11/h5-6,8-9,12,15H,2-4,7,10H2,1H3. The van der Waals surface area contributed by atoms with Gasteiger partial charge in [-0.1, -0.05) is 0 Å². The summed E-state index contributed by atoms with van der Waals surface area (Å²) >= 11 is 0. The summed E-state index contributed by atoms with van der Waals surface area (Å²) in [6.07, 6.45) is 5.57. The van der Waals surface area contributed by atoms with Crippen LogP contribution in [-0.2, 0) is 0 Å². The Balaban J connectivity index is 2.09. The largest absolute Gasteiger partial charge is 0.335 e. The summed E-state index contributed by atoms with van der Waals surface area (Å²) in [5.41, 5.74) is 0.729. The van der Waals surface area contributed by atoms with Gasteiger partial charge in [-0.3, -0.25) is 9.78 Å². The summed E-state index contributed by atoms with van der Waals surface area (Å²) in [6.45, 7) is 4.77. The summed E-state index contributed by atoms with van der Waals surface area (Å²) in [7, 11) is 0. The molecule has 1 aromatic rings. The van der Waals surface area contributed by atoms with Crippen LogP contribution >= 0.6 is 0 Å². The van der Waals surface area contributed by atoms with E-state index in [2.05, 4.69) is 10.3 Å². The van der Waals surface area contributed by atoms with Crippen molar-refractivity contribution in [2.75, 3.05) is 19.6 Å². The highest BCUT2D eigenvalue weighted by Crippen LogP contribution is 2.13. The zero-order chi connectivity index (χ0) is 12.1. The molecule has 4 nitrogen and oxygen atoms in total. The predicted octanol–water partition coefficient (Wildman–Crippen LogP) is 1.30. The average Bonchev–Trinajstić information content (AvgIpc) is 2.42. The molecule has 1 N–H and O–H groups in total.